The zero-order chi connectivity index (χ0) is 23.5. The fourth-order valence-corrected chi connectivity index (χ4v) is 4.48. The molecule has 1 aromatic rings. The van der Waals surface area contributed by atoms with Crippen LogP contribution >= 0.6 is 0 Å². The Morgan fingerprint density at radius 3 is 2.69 bits per heavy atom. The molecule has 0 spiro atoms. The van der Waals surface area contributed by atoms with E-state index in [1.807, 2.05) is 17.0 Å². The average molecular weight is 438 g/mol. The van der Waals surface area contributed by atoms with E-state index < -0.39 is 5.92 Å². The highest BCUT2D eigenvalue weighted by Gasteiger charge is 2.44. The standard InChI is InChI=1S/C25H31N3O4/c1-6-10-32-20-8-7-16(12-21(20)31-5)22-17(15-26)24(27)28(9-11-30-4)18-13-25(2,3)14-19(29)23(18)22/h6-8,12,22H,1,9-11,13-14,27H2,2-5H3/t22-/m0/s1. The van der Waals surface area contributed by atoms with Crippen molar-refractivity contribution < 1.29 is 19.0 Å². The maximum Gasteiger partial charge on any atom is 0.162 e. The Balaban J connectivity index is 2.18. The molecule has 0 saturated carbocycles. The molecule has 1 atom stereocenters. The number of carbonyl (C=O) groups is 1. The number of allylic oxidation sites excluding steroid dienone is 3. The molecule has 170 valence electrons. The van der Waals surface area contributed by atoms with Gasteiger partial charge < -0.3 is 24.8 Å². The Hall–Kier alpha value is -3.24. The number of nitrogens with zero attached hydrogens (tertiary/aromatic N) is 2. The van der Waals surface area contributed by atoms with Gasteiger partial charge >= 0.3 is 0 Å². The second-order valence-electron chi connectivity index (χ2n) is 8.80. The van der Waals surface area contributed by atoms with E-state index in [1.165, 1.54) is 0 Å². The second kappa shape index (κ2) is 9.49. The molecule has 0 aromatic heterocycles. The van der Waals surface area contributed by atoms with Crippen LogP contribution in [0.25, 0.3) is 0 Å². The highest BCUT2D eigenvalue weighted by molar-refractivity contribution is 6.00. The minimum Gasteiger partial charge on any atom is -0.493 e. The van der Waals surface area contributed by atoms with Crippen molar-refractivity contribution in [2.24, 2.45) is 11.1 Å². The zero-order valence-corrected chi connectivity index (χ0v) is 19.2. The van der Waals surface area contributed by atoms with E-state index in [-0.39, 0.29) is 11.2 Å². The van der Waals surface area contributed by atoms with Crippen molar-refractivity contribution in [1.29, 1.82) is 5.26 Å². The fourth-order valence-electron chi connectivity index (χ4n) is 4.48. The van der Waals surface area contributed by atoms with Crippen molar-refractivity contribution in [3.8, 4) is 17.6 Å². The summed E-state index contributed by atoms with van der Waals surface area (Å²) in [5.74, 6) is 0.932. The van der Waals surface area contributed by atoms with Crippen LogP contribution in [0, 0.1) is 16.7 Å². The van der Waals surface area contributed by atoms with E-state index in [2.05, 4.69) is 26.5 Å². The first-order valence-corrected chi connectivity index (χ1v) is 10.6. The maximum atomic E-state index is 13.4. The number of hydrogen-bond acceptors (Lipinski definition) is 7. The molecule has 1 aromatic carbocycles. The molecule has 2 N–H and O–H groups in total. The summed E-state index contributed by atoms with van der Waals surface area (Å²) in [5, 5.41) is 10.1. The van der Waals surface area contributed by atoms with Gasteiger partial charge in [0.25, 0.3) is 0 Å². The Morgan fingerprint density at radius 2 is 2.06 bits per heavy atom. The first-order valence-electron chi connectivity index (χ1n) is 10.6. The van der Waals surface area contributed by atoms with Gasteiger partial charge in [-0.05, 0) is 29.5 Å². The predicted octanol–water partition coefficient (Wildman–Crippen LogP) is 3.64. The summed E-state index contributed by atoms with van der Waals surface area (Å²) in [5.41, 5.74) is 8.95. The molecular weight excluding hydrogens is 406 g/mol. The maximum absolute atomic E-state index is 13.4. The number of nitriles is 1. The first-order chi connectivity index (χ1) is 15.3. The number of rotatable bonds is 8. The number of ether oxygens (including phenoxy) is 3. The third-order valence-corrected chi connectivity index (χ3v) is 5.88. The summed E-state index contributed by atoms with van der Waals surface area (Å²) >= 11 is 0. The highest BCUT2D eigenvalue weighted by atomic mass is 16.5. The molecule has 0 bridgehead atoms. The van der Waals surface area contributed by atoms with Crippen molar-refractivity contribution in [3.05, 3.63) is 59.1 Å². The third-order valence-electron chi connectivity index (χ3n) is 5.88. The fraction of sp³-hybridized carbons (Fsp3) is 0.440. The van der Waals surface area contributed by atoms with Gasteiger partial charge in [-0.3, -0.25) is 4.79 Å². The summed E-state index contributed by atoms with van der Waals surface area (Å²) in [7, 11) is 3.17. The number of benzene rings is 1. The van der Waals surface area contributed by atoms with Crippen LogP contribution in [0.1, 0.15) is 38.2 Å². The highest BCUT2D eigenvalue weighted by Crippen LogP contribution is 2.49. The molecule has 1 aliphatic carbocycles. The summed E-state index contributed by atoms with van der Waals surface area (Å²) in [4.78, 5) is 15.3. The molecule has 0 saturated heterocycles. The summed E-state index contributed by atoms with van der Waals surface area (Å²) < 4.78 is 16.4. The van der Waals surface area contributed by atoms with Crippen molar-refractivity contribution in [1.82, 2.24) is 4.90 Å². The normalized spacial score (nSPS) is 20.0. The van der Waals surface area contributed by atoms with Gasteiger partial charge in [0.05, 0.1) is 31.3 Å². The number of nitrogens with two attached hydrogens (primary N) is 1. The van der Waals surface area contributed by atoms with Crippen molar-refractivity contribution in [2.75, 3.05) is 34.0 Å². The number of Topliss-reactive ketones (excluding diaryl/α,β-unsaturated/α-hetero) is 1. The smallest absolute Gasteiger partial charge is 0.162 e. The molecule has 0 radical (unpaired) electrons. The van der Waals surface area contributed by atoms with Gasteiger partial charge in [-0.15, -0.1) is 0 Å². The molecule has 0 amide bonds. The van der Waals surface area contributed by atoms with Crippen LogP contribution in [0.3, 0.4) is 0 Å². The van der Waals surface area contributed by atoms with Crippen LogP contribution < -0.4 is 15.2 Å². The number of hydrogen-bond donors (Lipinski definition) is 1. The van der Waals surface area contributed by atoms with Crippen molar-refractivity contribution in [3.63, 3.8) is 0 Å². The van der Waals surface area contributed by atoms with E-state index in [0.717, 1.165) is 11.3 Å². The van der Waals surface area contributed by atoms with Gasteiger partial charge in [-0.25, -0.2) is 0 Å². The Bertz CT molecular complexity index is 1020. The van der Waals surface area contributed by atoms with Gasteiger partial charge in [-0.2, -0.15) is 5.26 Å². The molecule has 7 nitrogen and oxygen atoms in total. The van der Waals surface area contributed by atoms with Crippen LogP contribution in [0.15, 0.2) is 53.5 Å². The molecule has 0 fully saturated rings. The molecule has 3 rings (SSSR count). The first kappa shape index (κ1) is 23.4. The van der Waals surface area contributed by atoms with Gasteiger partial charge in [0.15, 0.2) is 17.3 Å². The van der Waals surface area contributed by atoms with E-state index in [1.54, 1.807) is 26.4 Å². The molecule has 0 unspecified atom stereocenters. The second-order valence-corrected chi connectivity index (χ2v) is 8.80. The van der Waals surface area contributed by atoms with E-state index in [9.17, 15) is 10.1 Å². The lowest BCUT2D eigenvalue weighted by atomic mass is 9.68. The lowest BCUT2D eigenvalue weighted by molar-refractivity contribution is -0.118. The van der Waals surface area contributed by atoms with Crippen molar-refractivity contribution in [2.45, 2.75) is 32.6 Å². The van der Waals surface area contributed by atoms with Gasteiger partial charge in [0.1, 0.15) is 12.4 Å². The van der Waals surface area contributed by atoms with E-state index in [0.29, 0.717) is 61.1 Å². The zero-order valence-electron chi connectivity index (χ0n) is 19.2. The average Bonchev–Trinajstić information content (AvgIpc) is 2.75. The molecule has 2 aliphatic rings. The van der Waals surface area contributed by atoms with Gasteiger partial charge in [0, 0.05) is 31.3 Å². The minimum atomic E-state index is -0.556. The third kappa shape index (κ3) is 4.37. The SMILES string of the molecule is C=CCOc1ccc([C@H]2C(C#N)=C(N)N(CCOC)C3=C2C(=O)CC(C)(C)C3)cc1OC. The molecule has 1 aliphatic heterocycles. The van der Waals surface area contributed by atoms with Crippen LogP contribution in [0.4, 0.5) is 0 Å². The predicted molar refractivity (Wildman–Crippen MR) is 122 cm³/mol. The quantitative estimate of drug-likeness (QED) is 0.620. The summed E-state index contributed by atoms with van der Waals surface area (Å²) in [6.07, 6.45) is 2.75. The van der Waals surface area contributed by atoms with Crippen molar-refractivity contribution >= 4 is 5.78 Å². The largest absolute Gasteiger partial charge is 0.493 e. The monoisotopic (exact) mass is 437 g/mol. The van der Waals surface area contributed by atoms with Crippen LogP contribution in [-0.2, 0) is 9.53 Å². The topological polar surface area (TPSA) is 97.8 Å². The van der Waals surface area contributed by atoms with E-state index >= 15 is 0 Å². The van der Waals surface area contributed by atoms with E-state index in [4.69, 9.17) is 19.9 Å². The Kier molecular flexibility index (Phi) is 6.95. The molecule has 32 heavy (non-hydrogen) atoms. The molecule has 1 heterocycles. The summed E-state index contributed by atoms with van der Waals surface area (Å²) in [6, 6.07) is 7.73. The lowest BCUT2D eigenvalue weighted by Gasteiger charge is -2.43. The minimum absolute atomic E-state index is 0.0369. The number of carbonyl (C=O) groups excluding carboxylic acids is 1. The van der Waals surface area contributed by atoms with Crippen LogP contribution in [-0.4, -0.2) is 44.7 Å². The van der Waals surface area contributed by atoms with Crippen LogP contribution in [0.2, 0.25) is 0 Å². The number of ketones is 1. The van der Waals surface area contributed by atoms with Gasteiger partial charge in [-0.1, -0.05) is 32.6 Å². The van der Waals surface area contributed by atoms with Gasteiger partial charge in [0.2, 0.25) is 0 Å². The Morgan fingerprint density at radius 1 is 1.31 bits per heavy atom. The number of methoxy groups -OCH3 is 2. The van der Waals surface area contributed by atoms with Crippen LogP contribution in [0.5, 0.6) is 11.5 Å². The summed E-state index contributed by atoms with van der Waals surface area (Å²) in [6.45, 7) is 9.06. The lowest BCUT2D eigenvalue weighted by Crippen LogP contribution is -2.43. The molecule has 7 heteroatoms. The Labute approximate surface area is 189 Å². The molecular formula is C25H31N3O4.